The zero-order valence-corrected chi connectivity index (χ0v) is 15.4. The molecule has 1 saturated carbocycles. The van der Waals surface area contributed by atoms with Crippen LogP contribution in [0.25, 0.3) is 0 Å². The molecule has 1 aromatic carbocycles. The molecule has 3 atom stereocenters. The van der Waals surface area contributed by atoms with Crippen LogP contribution in [0.5, 0.6) is 0 Å². The van der Waals surface area contributed by atoms with Gasteiger partial charge < -0.3 is 5.11 Å². The third kappa shape index (κ3) is 3.09. The second-order valence-electron chi connectivity index (χ2n) is 7.68. The Bertz CT molecular complexity index is 686. The summed E-state index contributed by atoms with van der Waals surface area (Å²) in [6.07, 6.45) is 7.28. The molecule has 4 rings (SSSR count). The number of anilines is 1. The fraction of sp³-hybridized carbons (Fsp3) is 0.684. The molecule has 0 aromatic heterocycles. The summed E-state index contributed by atoms with van der Waals surface area (Å²) in [4.78, 5) is 2.33. The number of rotatable bonds is 2. The van der Waals surface area contributed by atoms with Crippen molar-refractivity contribution in [3.05, 3.63) is 30.3 Å². The molecular weight excluding hydrogens is 336 g/mol. The van der Waals surface area contributed by atoms with Crippen molar-refractivity contribution in [3.63, 3.8) is 0 Å². The van der Waals surface area contributed by atoms with E-state index in [0.717, 1.165) is 19.4 Å². The van der Waals surface area contributed by atoms with Crippen LogP contribution in [0, 0.1) is 0 Å². The highest BCUT2D eigenvalue weighted by molar-refractivity contribution is 7.93. The fourth-order valence-corrected chi connectivity index (χ4v) is 7.21. The number of hydrogen-bond donors (Lipinski definition) is 1. The highest BCUT2D eigenvalue weighted by Gasteiger charge is 2.53. The smallest absolute Gasteiger partial charge is 0.239 e. The topological polar surface area (TPSA) is 60.9 Å². The average Bonchev–Trinajstić information content (AvgIpc) is 2.90. The number of benzene rings is 1. The Morgan fingerprint density at radius 3 is 2.32 bits per heavy atom. The van der Waals surface area contributed by atoms with E-state index in [1.807, 2.05) is 30.3 Å². The zero-order chi connectivity index (χ0) is 17.4. The largest absolute Gasteiger partial charge is 0.390 e. The molecule has 3 fully saturated rings. The molecule has 2 saturated heterocycles. The van der Waals surface area contributed by atoms with E-state index in [-0.39, 0.29) is 12.6 Å². The average molecular weight is 365 g/mol. The summed E-state index contributed by atoms with van der Waals surface area (Å²) in [6, 6.07) is 9.37. The van der Waals surface area contributed by atoms with Gasteiger partial charge in [0.2, 0.25) is 10.0 Å². The fourth-order valence-electron chi connectivity index (χ4n) is 5.01. The number of fused-ring (bicyclic) bond motifs is 1. The minimum absolute atomic E-state index is 0.163. The van der Waals surface area contributed by atoms with Crippen molar-refractivity contribution in [3.8, 4) is 0 Å². The van der Waals surface area contributed by atoms with Crippen LogP contribution in [0.2, 0.25) is 0 Å². The first kappa shape index (κ1) is 17.3. The van der Waals surface area contributed by atoms with Gasteiger partial charge in [0, 0.05) is 12.6 Å². The molecule has 1 N–H and O–H groups in total. The number of para-hydroxylation sites is 1. The Labute approximate surface area is 150 Å². The maximum absolute atomic E-state index is 13.2. The highest BCUT2D eigenvalue weighted by atomic mass is 32.2. The summed E-state index contributed by atoms with van der Waals surface area (Å²) in [5.41, 5.74) is 0.660. The molecule has 25 heavy (non-hydrogen) atoms. The highest BCUT2D eigenvalue weighted by Crippen LogP contribution is 2.38. The molecule has 2 unspecified atom stereocenters. The number of aliphatic hydroxyl groups is 1. The van der Waals surface area contributed by atoms with Crippen molar-refractivity contribution >= 4 is 15.7 Å². The third-order valence-electron chi connectivity index (χ3n) is 6.21. The van der Waals surface area contributed by atoms with Crippen molar-refractivity contribution in [2.24, 2.45) is 0 Å². The molecule has 0 amide bonds. The van der Waals surface area contributed by atoms with Gasteiger partial charge in [0.25, 0.3) is 0 Å². The van der Waals surface area contributed by atoms with E-state index in [0.29, 0.717) is 18.2 Å². The van der Waals surface area contributed by atoms with E-state index < -0.39 is 21.4 Å². The molecule has 1 aromatic rings. The normalized spacial score (nSPS) is 33.8. The van der Waals surface area contributed by atoms with Crippen molar-refractivity contribution in [2.75, 3.05) is 17.4 Å². The van der Waals surface area contributed by atoms with Crippen LogP contribution in [0.3, 0.4) is 0 Å². The molecule has 0 radical (unpaired) electrons. The monoisotopic (exact) mass is 364 g/mol. The second kappa shape index (κ2) is 6.89. The first-order chi connectivity index (χ1) is 12.1. The third-order valence-corrected chi connectivity index (χ3v) is 8.46. The molecule has 0 spiro atoms. The minimum Gasteiger partial charge on any atom is -0.390 e. The van der Waals surface area contributed by atoms with Crippen molar-refractivity contribution < 1.29 is 13.5 Å². The first-order valence-electron chi connectivity index (χ1n) is 9.59. The summed E-state index contributed by atoms with van der Waals surface area (Å²) < 4.78 is 27.9. The van der Waals surface area contributed by atoms with E-state index in [4.69, 9.17) is 0 Å². The van der Waals surface area contributed by atoms with Gasteiger partial charge in [-0.2, -0.15) is 0 Å². The van der Waals surface area contributed by atoms with Crippen LogP contribution < -0.4 is 4.31 Å². The van der Waals surface area contributed by atoms with Crippen LogP contribution in [-0.4, -0.2) is 55.0 Å². The van der Waals surface area contributed by atoms with E-state index in [2.05, 4.69) is 4.90 Å². The van der Waals surface area contributed by atoms with Gasteiger partial charge in [-0.05, 0) is 31.4 Å². The molecule has 5 nitrogen and oxygen atoms in total. The SMILES string of the molecule is O=S1(=O)[C@@H]2CCN(C3CCCCCC3)C2C(O)CN1c1ccccc1. The van der Waals surface area contributed by atoms with E-state index in [1.54, 1.807) is 0 Å². The number of β-amino-alcohol motifs (C(OH)–C–C–N with tert-alkyl or cyclic N) is 1. The molecule has 3 aliphatic rings. The van der Waals surface area contributed by atoms with Crippen molar-refractivity contribution in [1.29, 1.82) is 0 Å². The molecule has 2 heterocycles. The molecular formula is C19H28N2O3S. The lowest BCUT2D eigenvalue weighted by Crippen LogP contribution is -2.61. The molecule has 2 aliphatic heterocycles. The number of hydrogen-bond acceptors (Lipinski definition) is 4. The maximum Gasteiger partial charge on any atom is 0.239 e. The zero-order valence-electron chi connectivity index (χ0n) is 14.6. The Hall–Kier alpha value is -1.11. The van der Waals surface area contributed by atoms with Crippen LogP contribution in [0.15, 0.2) is 30.3 Å². The second-order valence-corrected chi connectivity index (χ2v) is 9.76. The lowest BCUT2D eigenvalue weighted by atomic mass is 10.0. The Morgan fingerprint density at radius 1 is 0.960 bits per heavy atom. The number of sulfonamides is 1. The number of aliphatic hydroxyl groups excluding tert-OH is 1. The van der Waals surface area contributed by atoms with Gasteiger partial charge >= 0.3 is 0 Å². The summed E-state index contributed by atoms with van der Waals surface area (Å²) in [5.74, 6) is 0. The lowest BCUT2D eigenvalue weighted by molar-refractivity contribution is 0.0485. The summed E-state index contributed by atoms with van der Waals surface area (Å²) in [6.45, 7) is 0.954. The first-order valence-corrected chi connectivity index (χ1v) is 11.1. The Balaban J connectivity index is 1.60. The van der Waals surface area contributed by atoms with E-state index in [9.17, 15) is 13.5 Å². The quantitative estimate of drug-likeness (QED) is 0.819. The van der Waals surface area contributed by atoms with E-state index >= 15 is 0 Å². The van der Waals surface area contributed by atoms with Gasteiger partial charge in [-0.15, -0.1) is 0 Å². The predicted octanol–water partition coefficient (Wildman–Crippen LogP) is 2.36. The summed E-state index contributed by atoms with van der Waals surface area (Å²) >= 11 is 0. The van der Waals surface area contributed by atoms with Gasteiger partial charge in [0.05, 0.1) is 29.6 Å². The summed E-state index contributed by atoms with van der Waals surface area (Å²) in [7, 11) is -3.44. The summed E-state index contributed by atoms with van der Waals surface area (Å²) in [5, 5.41) is 10.4. The van der Waals surface area contributed by atoms with Crippen LogP contribution in [-0.2, 0) is 10.0 Å². The van der Waals surface area contributed by atoms with Crippen LogP contribution in [0.1, 0.15) is 44.9 Å². The van der Waals surface area contributed by atoms with Crippen molar-refractivity contribution in [1.82, 2.24) is 4.90 Å². The molecule has 0 bridgehead atoms. The molecule has 6 heteroatoms. The number of nitrogens with zero attached hydrogens (tertiary/aromatic N) is 2. The molecule has 138 valence electrons. The van der Waals surface area contributed by atoms with E-state index in [1.165, 1.54) is 30.0 Å². The van der Waals surface area contributed by atoms with Gasteiger partial charge in [-0.25, -0.2) is 8.42 Å². The maximum atomic E-state index is 13.2. The Kier molecular flexibility index (Phi) is 4.77. The standard InChI is InChI=1S/C19H28N2O3S/c22-17-14-21(16-10-6-3-7-11-16)25(23,24)18-12-13-20(19(17)18)15-8-4-1-2-5-9-15/h3,6-7,10-11,15,17-19,22H,1-2,4-5,8-9,12-14H2/t17?,18-,19?/m1/s1. The van der Waals surface area contributed by atoms with Gasteiger partial charge in [0.15, 0.2) is 0 Å². The van der Waals surface area contributed by atoms with Gasteiger partial charge in [0.1, 0.15) is 0 Å². The molecule has 1 aliphatic carbocycles. The Morgan fingerprint density at radius 2 is 1.64 bits per heavy atom. The van der Waals surface area contributed by atoms with Crippen molar-refractivity contribution in [2.45, 2.75) is 68.4 Å². The lowest BCUT2D eigenvalue weighted by Gasteiger charge is -2.43. The van der Waals surface area contributed by atoms with Gasteiger partial charge in [-0.1, -0.05) is 43.9 Å². The van der Waals surface area contributed by atoms with Gasteiger partial charge in [-0.3, -0.25) is 9.21 Å². The minimum atomic E-state index is -3.44. The number of likely N-dealkylation sites (tertiary alicyclic amines) is 1. The van der Waals surface area contributed by atoms with Crippen LogP contribution >= 0.6 is 0 Å². The van der Waals surface area contributed by atoms with Crippen LogP contribution in [0.4, 0.5) is 5.69 Å². The predicted molar refractivity (Wildman–Crippen MR) is 99.1 cm³/mol.